The number of rotatable bonds is 2. The van der Waals surface area contributed by atoms with Gasteiger partial charge in [-0.15, -0.1) is 0 Å². The topological polar surface area (TPSA) is 49.8 Å². The van der Waals surface area contributed by atoms with Gasteiger partial charge in [0, 0.05) is 18.5 Å². The first kappa shape index (κ1) is 19.3. The Kier molecular flexibility index (Phi) is 4.86. The van der Waals surface area contributed by atoms with E-state index >= 15 is 0 Å². The van der Waals surface area contributed by atoms with Crippen molar-refractivity contribution in [2.45, 2.75) is 82.6 Å². The van der Waals surface area contributed by atoms with Crippen LogP contribution in [0.2, 0.25) is 0 Å². The third-order valence-corrected chi connectivity index (χ3v) is 6.10. The van der Waals surface area contributed by atoms with Gasteiger partial charge in [0.15, 0.2) is 0 Å². The van der Waals surface area contributed by atoms with Crippen LogP contribution in [0, 0.1) is 0 Å². The molecule has 28 heavy (non-hydrogen) atoms. The standard InChI is InChI=1S/C24H31NO3/c1-23(2,3)28-22(26)25-19-11-7-12-20(25)16-24(27,15-19)14-18-10-6-9-17-8-4-5-13-21(17)18/h4-6,8-10,13,19-20,27H,7,11-12,14-16H2,1-3H3. The fourth-order valence-corrected chi connectivity index (χ4v) is 5.09. The number of carbonyl (C=O) groups excluding carboxylic acids is 1. The van der Waals surface area contributed by atoms with Gasteiger partial charge in [-0.05, 0) is 69.2 Å². The molecule has 0 aromatic heterocycles. The van der Waals surface area contributed by atoms with E-state index in [1.807, 2.05) is 31.7 Å². The summed E-state index contributed by atoms with van der Waals surface area (Å²) in [6.07, 6.45) is 4.62. The van der Waals surface area contributed by atoms with Crippen molar-refractivity contribution in [3.05, 3.63) is 48.0 Å². The van der Waals surface area contributed by atoms with E-state index in [-0.39, 0.29) is 18.2 Å². The van der Waals surface area contributed by atoms with Crippen molar-refractivity contribution in [1.82, 2.24) is 4.90 Å². The van der Waals surface area contributed by atoms with E-state index in [0.29, 0.717) is 19.3 Å². The van der Waals surface area contributed by atoms with Crippen molar-refractivity contribution in [3.8, 4) is 0 Å². The average molecular weight is 382 g/mol. The number of benzene rings is 2. The van der Waals surface area contributed by atoms with Crippen molar-refractivity contribution in [2.24, 2.45) is 0 Å². The van der Waals surface area contributed by atoms with Crippen molar-refractivity contribution < 1.29 is 14.6 Å². The van der Waals surface area contributed by atoms with Crippen LogP contribution in [0.5, 0.6) is 0 Å². The van der Waals surface area contributed by atoms with Crippen LogP contribution in [0.4, 0.5) is 4.79 Å². The van der Waals surface area contributed by atoms with E-state index in [1.165, 1.54) is 16.3 Å². The lowest BCUT2D eigenvalue weighted by molar-refractivity contribution is -0.0918. The van der Waals surface area contributed by atoms with Gasteiger partial charge in [0.05, 0.1) is 5.60 Å². The highest BCUT2D eigenvalue weighted by atomic mass is 16.6. The molecule has 0 radical (unpaired) electrons. The summed E-state index contributed by atoms with van der Waals surface area (Å²) < 4.78 is 5.66. The molecular weight excluding hydrogens is 350 g/mol. The Hall–Kier alpha value is -2.07. The Labute approximate surface area is 167 Å². The predicted octanol–water partition coefficient (Wildman–Crippen LogP) is 5.07. The zero-order chi connectivity index (χ0) is 19.9. The Morgan fingerprint density at radius 1 is 1.11 bits per heavy atom. The molecule has 2 unspecified atom stereocenters. The first-order valence-electron chi connectivity index (χ1n) is 10.4. The largest absolute Gasteiger partial charge is 0.444 e. The summed E-state index contributed by atoms with van der Waals surface area (Å²) in [5, 5.41) is 14.0. The molecule has 2 saturated heterocycles. The highest BCUT2D eigenvalue weighted by Gasteiger charge is 2.48. The first-order chi connectivity index (χ1) is 13.2. The zero-order valence-electron chi connectivity index (χ0n) is 17.1. The van der Waals surface area contributed by atoms with Gasteiger partial charge in [-0.2, -0.15) is 0 Å². The van der Waals surface area contributed by atoms with Crippen LogP contribution >= 0.6 is 0 Å². The van der Waals surface area contributed by atoms with Crippen LogP contribution in [0.1, 0.15) is 58.4 Å². The van der Waals surface area contributed by atoms with Crippen molar-refractivity contribution in [1.29, 1.82) is 0 Å². The van der Waals surface area contributed by atoms with E-state index in [1.54, 1.807) is 0 Å². The summed E-state index contributed by atoms with van der Waals surface area (Å²) in [5.41, 5.74) is -0.0927. The van der Waals surface area contributed by atoms with Gasteiger partial charge in [0.1, 0.15) is 5.60 Å². The lowest BCUT2D eigenvalue weighted by Crippen LogP contribution is -2.61. The smallest absolute Gasteiger partial charge is 0.410 e. The minimum Gasteiger partial charge on any atom is -0.444 e. The number of nitrogens with zero attached hydrogens (tertiary/aromatic N) is 1. The summed E-state index contributed by atoms with van der Waals surface area (Å²) in [7, 11) is 0. The molecule has 2 aliphatic heterocycles. The Bertz CT molecular complexity index is 850. The van der Waals surface area contributed by atoms with Crippen LogP contribution in [0.3, 0.4) is 0 Å². The fraction of sp³-hybridized carbons (Fsp3) is 0.542. The van der Waals surface area contributed by atoms with Crippen molar-refractivity contribution in [2.75, 3.05) is 0 Å². The molecule has 4 nitrogen and oxygen atoms in total. The molecule has 2 heterocycles. The molecule has 1 amide bonds. The molecular formula is C24H31NO3. The third kappa shape index (κ3) is 3.88. The van der Waals surface area contributed by atoms with Crippen LogP contribution in [0.15, 0.2) is 42.5 Å². The van der Waals surface area contributed by atoms with Gasteiger partial charge in [0.2, 0.25) is 0 Å². The van der Waals surface area contributed by atoms with Gasteiger partial charge in [-0.25, -0.2) is 4.79 Å². The second-order valence-corrected chi connectivity index (χ2v) is 9.57. The predicted molar refractivity (Wildman–Crippen MR) is 111 cm³/mol. The summed E-state index contributed by atoms with van der Waals surface area (Å²) in [6, 6.07) is 14.8. The van der Waals surface area contributed by atoms with E-state index < -0.39 is 11.2 Å². The number of fused-ring (bicyclic) bond motifs is 3. The fourth-order valence-electron chi connectivity index (χ4n) is 5.09. The van der Waals surface area contributed by atoms with E-state index in [0.717, 1.165) is 19.3 Å². The van der Waals surface area contributed by atoms with E-state index in [9.17, 15) is 9.90 Å². The van der Waals surface area contributed by atoms with E-state index in [4.69, 9.17) is 4.74 Å². The maximum atomic E-state index is 12.8. The van der Waals surface area contributed by atoms with Crippen LogP contribution in [-0.2, 0) is 11.2 Å². The highest BCUT2D eigenvalue weighted by molar-refractivity contribution is 5.85. The van der Waals surface area contributed by atoms with E-state index in [2.05, 4.69) is 36.4 Å². The molecule has 4 heteroatoms. The quantitative estimate of drug-likeness (QED) is 0.790. The molecule has 0 saturated carbocycles. The lowest BCUT2D eigenvalue weighted by atomic mass is 9.73. The number of aliphatic hydroxyl groups is 1. The first-order valence-corrected chi connectivity index (χ1v) is 10.4. The van der Waals surface area contributed by atoms with Gasteiger partial charge < -0.3 is 14.7 Å². The second-order valence-electron chi connectivity index (χ2n) is 9.57. The Morgan fingerprint density at radius 3 is 2.43 bits per heavy atom. The molecule has 2 fully saturated rings. The number of hydrogen-bond acceptors (Lipinski definition) is 3. The molecule has 2 aromatic carbocycles. The zero-order valence-corrected chi connectivity index (χ0v) is 17.1. The summed E-state index contributed by atoms with van der Waals surface area (Å²) in [6.45, 7) is 5.71. The minimum absolute atomic E-state index is 0.0577. The van der Waals surface area contributed by atoms with Gasteiger partial charge in [0.25, 0.3) is 0 Å². The molecule has 4 rings (SSSR count). The maximum absolute atomic E-state index is 12.8. The molecule has 0 aliphatic carbocycles. The normalized spacial score (nSPS) is 27.6. The third-order valence-electron chi connectivity index (χ3n) is 6.10. The van der Waals surface area contributed by atoms with Crippen molar-refractivity contribution in [3.63, 3.8) is 0 Å². The summed E-state index contributed by atoms with van der Waals surface area (Å²) in [4.78, 5) is 14.7. The van der Waals surface area contributed by atoms with Gasteiger partial charge in [-0.3, -0.25) is 0 Å². The lowest BCUT2D eigenvalue weighted by Gasteiger charge is -2.51. The number of ether oxygens (including phenoxy) is 1. The van der Waals surface area contributed by atoms with Gasteiger partial charge in [-0.1, -0.05) is 42.5 Å². The number of piperidine rings is 2. The average Bonchev–Trinajstić information content (AvgIpc) is 2.59. The molecule has 2 aromatic rings. The minimum atomic E-state index is -0.779. The van der Waals surface area contributed by atoms with Crippen molar-refractivity contribution >= 4 is 16.9 Å². The Balaban J connectivity index is 1.57. The molecule has 2 aliphatic rings. The molecule has 0 spiro atoms. The molecule has 2 bridgehead atoms. The maximum Gasteiger partial charge on any atom is 0.410 e. The number of amides is 1. The number of hydrogen-bond donors (Lipinski definition) is 1. The summed E-state index contributed by atoms with van der Waals surface area (Å²) >= 11 is 0. The second kappa shape index (κ2) is 7.07. The molecule has 150 valence electrons. The summed E-state index contributed by atoms with van der Waals surface area (Å²) in [5.74, 6) is 0. The number of carbonyl (C=O) groups is 1. The monoisotopic (exact) mass is 381 g/mol. The molecule has 2 atom stereocenters. The highest BCUT2D eigenvalue weighted by Crippen LogP contribution is 2.42. The van der Waals surface area contributed by atoms with Gasteiger partial charge >= 0.3 is 6.09 Å². The van der Waals surface area contributed by atoms with Crippen LogP contribution < -0.4 is 0 Å². The van der Waals surface area contributed by atoms with Crippen LogP contribution in [-0.4, -0.2) is 39.4 Å². The van der Waals surface area contributed by atoms with Crippen LogP contribution in [0.25, 0.3) is 10.8 Å². The molecule has 1 N–H and O–H groups in total. The Morgan fingerprint density at radius 2 is 1.75 bits per heavy atom. The SMILES string of the molecule is CC(C)(C)OC(=O)N1C2CCCC1CC(O)(Cc1cccc3ccccc13)C2.